The van der Waals surface area contributed by atoms with Crippen LogP contribution in [-0.4, -0.2) is 54.9 Å². The Bertz CT molecular complexity index is 837. The van der Waals surface area contributed by atoms with Crippen molar-refractivity contribution in [3.8, 4) is 5.75 Å². The molecule has 2 N–H and O–H groups in total. The summed E-state index contributed by atoms with van der Waals surface area (Å²) in [7, 11) is 3.48. The smallest absolute Gasteiger partial charge is 0.236 e. The van der Waals surface area contributed by atoms with Crippen LogP contribution in [0.5, 0.6) is 5.75 Å². The highest BCUT2D eigenvalue weighted by Crippen LogP contribution is 2.23. The van der Waals surface area contributed by atoms with Crippen LogP contribution in [0, 0.1) is 0 Å². The van der Waals surface area contributed by atoms with Gasteiger partial charge in [-0.2, -0.15) is 0 Å². The van der Waals surface area contributed by atoms with Gasteiger partial charge in [-0.1, -0.05) is 18.2 Å². The van der Waals surface area contributed by atoms with E-state index in [1.807, 2.05) is 31.3 Å². The van der Waals surface area contributed by atoms with Gasteiger partial charge in [-0.05, 0) is 53.9 Å². The summed E-state index contributed by atoms with van der Waals surface area (Å²) in [4.78, 5) is 27.7. The molecule has 0 unspecified atom stereocenters. The lowest BCUT2D eigenvalue weighted by Gasteiger charge is -2.26. The highest BCUT2D eigenvalue weighted by atomic mass is 16.5. The first-order chi connectivity index (χ1) is 13.0. The summed E-state index contributed by atoms with van der Waals surface area (Å²) < 4.78 is 5.26. The Morgan fingerprint density at radius 3 is 2.70 bits per heavy atom. The monoisotopic (exact) mass is 369 g/mol. The highest BCUT2D eigenvalue weighted by Gasteiger charge is 2.28. The van der Waals surface area contributed by atoms with E-state index in [4.69, 9.17) is 10.5 Å². The number of rotatable bonds is 7. The predicted molar refractivity (Wildman–Crippen MR) is 105 cm³/mol. The fourth-order valence-electron chi connectivity index (χ4n) is 3.72. The summed E-state index contributed by atoms with van der Waals surface area (Å²) in [5.41, 5.74) is 6.40. The molecule has 1 saturated heterocycles. The highest BCUT2D eigenvalue weighted by molar-refractivity contribution is 5.85. The van der Waals surface area contributed by atoms with E-state index >= 15 is 0 Å². The average Bonchev–Trinajstić information content (AvgIpc) is 3.07. The Morgan fingerprint density at radius 2 is 1.96 bits per heavy atom. The van der Waals surface area contributed by atoms with Gasteiger partial charge in [-0.3, -0.25) is 14.5 Å². The summed E-state index contributed by atoms with van der Waals surface area (Å²) in [5, 5.41) is 2.23. The number of primary amides is 1. The van der Waals surface area contributed by atoms with E-state index in [2.05, 4.69) is 17.0 Å². The molecule has 0 spiro atoms. The molecule has 0 aliphatic carbocycles. The minimum atomic E-state index is -0.305. The van der Waals surface area contributed by atoms with E-state index in [1.165, 1.54) is 0 Å². The molecule has 144 valence electrons. The topological polar surface area (TPSA) is 75.9 Å². The molecule has 1 aliphatic heterocycles. The first kappa shape index (κ1) is 19.2. The van der Waals surface area contributed by atoms with Gasteiger partial charge >= 0.3 is 0 Å². The number of amides is 2. The lowest BCUT2D eigenvalue weighted by molar-refractivity contribution is -0.132. The van der Waals surface area contributed by atoms with Crippen LogP contribution < -0.4 is 10.5 Å². The van der Waals surface area contributed by atoms with E-state index in [1.54, 1.807) is 12.0 Å². The molecule has 1 heterocycles. The van der Waals surface area contributed by atoms with Crippen molar-refractivity contribution in [2.24, 2.45) is 5.73 Å². The SMILES string of the molecule is COc1ccc2cc(CN(C)C(=O)CN3CCC[C@@H]3CC(N)=O)ccc2c1. The second kappa shape index (κ2) is 8.39. The summed E-state index contributed by atoms with van der Waals surface area (Å²) in [5.74, 6) is 0.584. The van der Waals surface area contributed by atoms with E-state index in [-0.39, 0.29) is 17.9 Å². The molecule has 3 rings (SSSR count). The number of benzene rings is 2. The van der Waals surface area contributed by atoms with Crippen LogP contribution in [0.4, 0.5) is 0 Å². The van der Waals surface area contributed by atoms with Crippen LogP contribution in [0.3, 0.4) is 0 Å². The maximum Gasteiger partial charge on any atom is 0.236 e. The van der Waals surface area contributed by atoms with Gasteiger partial charge in [0.25, 0.3) is 0 Å². The first-order valence-corrected chi connectivity index (χ1v) is 9.29. The zero-order valence-electron chi connectivity index (χ0n) is 16.0. The van der Waals surface area contributed by atoms with Gasteiger partial charge in [0.2, 0.25) is 11.8 Å². The molecule has 0 saturated carbocycles. The third-order valence-corrected chi connectivity index (χ3v) is 5.23. The van der Waals surface area contributed by atoms with Gasteiger partial charge in [-0.25, -0.2) is 0 Å². The zero-order valence-corrected chi connectivity index (χ0v) is 16.0. The second-order valence-electron chi connectivity index (χ2n) is 7.23. The molecule has 27 heavy (non-hydrogen) atoms. The van der Waals surface area contributed by atoms with Crippen molar-refractivity contribution < 1.29 is 14.3 Å². The first-order valence-electron chi connectivity index (χ1n) is 9.29. The number of nitrogens with zero attached hydrogens (tertiary/aromatic N) is 2. The van der Waals surface area contributed by atoms with Gasteiger partial charge in [-0.15, -0.1) is 0 Å². The van der Waals surface area contributed by atoms with E-state index in [0.29, 0.717) is 19.5 Å². The molecular weight excluding hydrogens is 342 g/mol. The molecule has 2 amide bonds. The van der Waals surface area contributed by atoms with Crippen LogP contribution in [0.15, 0.2) is 36.4 Å². The number of hydrogen-bond donors (Lipinski definition) is 1. The van der Waals surface area contributed by atoms with Crippen LogP contribution >= 0.6 is 0 Å². The third kappa shape index (κ3) is 4.77. The fraction of sp³-hybridized carbons (Fsp3) is 0.429. The van der Waals surface area contributed by atoms with Crippen molar-refractivity contribution in [2.45, 2.75) is 31.8 Å². The molecule has 2 aromatic carbocycles. The van der Waals surface area contributed by atoms with E-state index < -0.39 is 0 Å². The number of nitrogens with two attached hydrogens (primary N) is 1. The van der Waals surface area contributed by atoms with Crippen LogP contribution in [-0.2, 0) is 16.1 Å². The van der Waals surface area contributed by atoms with Crippen molar-refractivity contribution in [1.29, 1.82) is 0 Å². The maximum atomic E-state index is 12.6. The molecule has 6 heteroatoms. The Kier molecular flexibility index (Phi) is 5.96. The number of hydrogen-bond acceptors (Lipinski definition) is 4. The molecule has 1 aliphatic rings. The lowest BCUT2D eigenvalue weighted by Crippen LogP contribution is -2.41. The standard InChI is InChI=1S/C21H27N3O3/c1-23(21(26)14-24-9-3-4-18(24)12-20(22)25)13-15-5-6-17-11-19(27-2)8-7-16(17)10-15/h5-8,10-11,18H,3-4,9,12-14H2,1-2H3,(H2,22,25)/t18-/m1/s1. The normalized spacial score (nSPS) is 17.2. The van der Waals surface area contributed by atoms with Crippen molar-refractivity contribution >= 4 is 22.6 Å². The van der Waals surface area contributed by atoms with Gasteiger partial charge in [0.05, 0.1) is 13.7 Å². The Labute approximate surface area is 159 Å². The van der Waals surface area contributed by atoms with Gasteiger partial charge in [0.15, 0.2) is 0 Å². The number of carbonyl (C=O) groups is 2. The van der Waals surface area contributed by atoms with Gasteiger partial charge in [0.1, 0.15) is 5.75 Å². The summed E-state index contributed by atoms with van der Waals surface area (Å²) in [6.45, 7) is 1.73. The summed E-state index contributed by atoms with van der Waals surface area (Å²) >= 11 is 0. The number of ether oxygens (including phenoxy) is 1. The van der Waals surface area contributed by atoms with Crippen LogP contribution in [0.1, 0.15) is 24.8 Å². The second-order valence-corrected chi connectivity index (χ2v) is 7.23. The largest absolute Gasteiger partial charge is 0.497 e. The summed E-state index contributed by atoms with van der Waals surface area (Å²) in [6.07, 6.45) is 2.25. The minimum absolute atomic E-state index is 0.0567. The number of fused-ring (bicyclic) bond motifs is 1. The van der Waals surface area contributed by atoms with Crippen molar-refractivity contribution in [1.82, 2.24) is 9.80 Å². The number of likely N-dealkylation sites (tertiary alicyclic amines) is 1. The molecular formula is C21H27N3O3. The number of likely N-dealkylation sites (N-methyl/N-ethyl adjacent to an activating group) is 1. The lowest BCUT2D eigenvalue weighted by atomic mass is 10.1. The molecule has 1 atom stereocenters. The predicted octanol–water partition coefficient (Wildman–Crippen LogP) is 2.15. The quantitative estimate of drug-likeness (QED) is 0.811. The van der Waals surface area contributed by atoms with Crippen molar-refractivity contribution in [2.75, 3.05) is 27.2 Å². The molecule has 1 fully saturated rings. The minimum Gasteiger partial charge on any atom is -0.497 e. The van der Waals surface area contributed by atoms with Crippen LogP contribution in [0.25, 0.3) is 10.8 Å². The van der Waals surface area contributed by atoms with Crippen molar-refractivity contribution in [3.63, 3.8) is 0 Å². The average molecular weight is 369 g/mol. The Hall–Kier alpha value is -2.60. The van der Waals surface area contributed by atoms with Gasteiger partial charge in [0, 0.05) is 26.1 Å². The Morgan fingerprint density at radius 1 is 1.22 bits per heavy atom. The molecule has 6 nitrogen and oxygen atoms in total. The number of methoxy groups -OCH3 is 1. The summed E-state index contributed by atoms with van der Waals surface area (Å²) in [6, 6.07) is 12.2. The fourth-order valence-corrected chi connectivity index (χ4v) is 3.72. The molecule has 0 radical (unpaired) electrons. The third-order valence-electron chi connectivity index (χ3n) is 5.23. The van der Waals surface area contributed by atoms with Crippen LogP contribution in [0.2, 0.25) is 0 Å². The molecule has 2 aromatic rings. The number of carbonyl (C=O) groups excluding carboxylic acids is 2. The molecule has 0 aromatic heterocycles. The van der Waals surface area contributed by atoms with E-state index in [9.17, 15) is 9.59 Å². The van der Waals surface area contributed by atoms with E-state index in [0.717, 1.165) is 41.5 Å². The van der Waals surface area contributed by atoms with Crippen molar-refractivity contribution in [3.05, 3.63) is 42.0 Å². The molecule has 0 bridgehead atoms. The Balaban J connectivity index is 1.62. The zero-order chi connectivity index (χ0) is 19.4. The maximum absolute atomic E-state index is 12.6. The van der Waals surface area contributed by atoms with Gasteiger partial charge < -0.3 is 15.4 Å².